The van der Waals surface area contributed by atoms with E-state index >= 15 is 0 Å². The van der Waals surface area contributed by atoms with Crippen molar-refractivity contribution in [1.82, 2.24) is 10.2 Å². The summed E-state index contributed by atoms with van der Waals surface area (Å²) in [4.78, 5) is 28.4. The minimum atomic E-state index is -1.26. The molecule has 10 heteroatoms. The summed E-state index contributed by atoms with van der Waals surface area (Å²) in [5.74, 6) is -0.492. The van der Waals surface area contributed by atoms with Crippen LogP contribution in [0.4, 0.5) is 4.79 Å². The van der Waals surface area contributed by atoms with E-state index in [1.165, 1.54) is 18.2 Å². The zero-order valence-corrected chi connectivity index (χ0v) is 25.3. The molecule has 0 radical (unpaired) electrons. The number of alkyl carbamates (subject to hydrolysis) is 1. The number of hydrogen-bond acceptors (Lipinski definition) is 8. The van der Waals surface area contributed by atoms with E-state index in [9.17, 15) is 14.7 Å². The lowest BCUT2D eigenvalue weighted by Gasteiger charge is -2.39. The van der Waals surface area contributed by atoms with Gasteiger partial charge in [0.05, 0.1) is 31.5 Å². The van der Waals surface area contributed by atoms with Gasteiger partial charge in [0.2, 0.25) is 0 Å². The number of nitrogens with zero attached hydrogens (tertiary/aromatic N) is 1. The maximum absolute atomic E-state index is 13.3. The fourth-order valence-electron chi connectivity index (χ4n) is 5.48. The van der Waals surface area contributed by atoms with Crippen LogP contribution in [0.3, 0.4) is 0 Å². The molecule has 40 heavy (non-hydrogen) atoms. The third-order valence-electron chi connectivity index (χ3n) is 8.74. The zero-order valence-electron chi connectivity index (χ0n) is 25.3. The van der Waals surface area contributed by atoms with E-state index in [1.54, 1.807) is 0 Å². The van der Waals surface area contributed by atoms with Gasteiger partial charge in [-0.2, -0.15) is 0 Å². The van der Waals surface area contributed by atoms with Crippen LogP contribution in [0.5, 0.6) is 0 Å². The minimum Gasteiger partial charge on any atom is -0.467 e. The largest absolute Gasteiger partial charge is 0.467 e. The second kappa shape index (κ2) is 14.2. The number of aliphatic hydroxyl groups excluding tert-OH is 1. The maximum atomic E-state index is 13.3. The van der Waals surface area contributed by atoms with Crippen molar-refractivity contribution in [1.29, 1.82) is 0 Å². The van der Waals surface area contributed by atoms with Crippen molar-refractivity contribution in [2.75, 3.05) is 26.9 Å². The van der Waals surface area contributed by atoms with Crippen LogP contribution < -0.4 is 5.32 Å². The van der Waals surface area contributed by atoms with Crippen LogP contribution in [0.2, 0.25) is 6.32 Å². The van der Waals surface area contributed by atoms with E-state index in [0.717, 1.165) is 25.7 Å². The molecule has 1 saturated heterocycles. The predicted octanol–water partition coefficient (Wildman–Crippen LogP) is 4.50. The molecule has 0 aromatic heterocycles. The number of rotatable bonds is 14. The van der Waals surface area contributed by atoms with Crippen molar-refractivity contribution < 1.29 is 33.5 Å². The van der Waals surface area contributed by atoms with Crippen LogP contribution in [0, 0.1) is 0 Å². The Hall–Kier alpha value is -2.14. The summed E-state index contributed by atoms with van der Waals surface area (Å²) in [6, 6.07) is 8.17. The van der Waals surface area contributed by atoms with Gasteiger partial charge >= 0.3 is 19.2 Å². The number of methoxy groups -OCH3 is 1. The Morgan fingerprint density at radius 2 is 1.77 bits per heavy atom. The van der Waals surface area contributed by atoms with Crippen molar-refractivity contribution >= 4 is 19.2 Å². The molecule has 2 N–H and O–H groups in total. The van der Waals surface area contributed by atoms with Gasteiger partial charge in [0.25, 0.3) is 0 Å². The highest BCUT2D eigenvalue weighted by Crippen LogP contribution is 2.38. The quantitative estimate of drug-likeness (QED) is 0.195. The average molecular weight is 561 g/mol. The first-order chi connectivity index (χ1) is 19.0. The Labute approximate surface area is 240 Å². The monoisotopic (exact) mass is 560 g/mol. The van der Waals surface area contributed by atoms with Gasteiger partial charge in [0.15, 0.2) is 0 Å². The Balaban J connectivity index is 1.71. The average Bonchev–Trinajstić information content (AvgIpc) is 3.13. The van der Waals surface area contributed by atoms with E-state index in [4.69, 9.17) is 18.8 Å². The molecule has 9 nitrogen and oxygen atoms in total. The first-order valence-corrected chi connectivity index (χ1v) is 14.8. The predicted molar refractivity (Wildman–Crippen MR) is 155 cm³/mol. The third kappa shape index (κ3) is 7.99. The maximum Gasteiger partial charge on any atom is 0.457 e. The SMILES string of the molecule is CCCCOC(=O)N[C@](CCCCB1OC(C)(C)C(C)(C)O1)(CCN1Cc2ccccc2C[C@H]1CO)C(=O)OC. The summed E-state index contributed by atoms with van der Waals surface area (Å²) >= 11 is 0. The first kappa shape index (κ1) is 32.4. The van der Waals surface area contributed by atoms with Gasteiger partial charge in [-0.1, -0.05) is 50.5 Å². The molecule has 1 fully saturated rings. The summed E-state index contributed by atoms with van der Waals surface area (Å²) in [5.41, 5.74) is 0.397. The van der Waals surface area contributed by atoms with Gasteiger partial charge in [-0.05, 0) is 70.8 Å². The first-order valence-electron chi connectivity index (χ1n) is 14.8. The van der Waals surface area contributed by atoms with Crippen molar-refractivity contribution in [2.24, 2.45) is 0 Å². The molecule has 2 heterocycles. The molecular formula is C30H49BN2O7. The van der Waals surface area contributed by atoms with Gasteiger partial charge < -0.3 is 29.2 Å². The van der Waals surface area contributed by atoms with Crippen LogP contribution in [0.25, 0.3) is 0 Å². The Morgan fingerprint density at radius 1 is 1.10 bits per heavy atom. The van der Waals surface area contributed by atoms with E-state index < -0.39 is 28.8 Å². The van der Waals surface area contributed by atoms with Gasteiger partial charge in [0.1, 0.15) is 5.54 Å². The minimum absolute atomic E-state index is 0.0140. The van der Waals surface area contributed by atoms with Crippen molar-refractivity contribution in [2.45, 2.75) is 115 Å². The van der Waals surface area contributed by atoms with E-state index in [2.05, 4.69) is 22.3 Å². The van der Waals surface area contributed by atoms with Crippen molar-refractivity contribution in [3.8, 4) is 0 Å². The summed E-state index contributed by atoms with van der Waals surface area (Å²) in [7, 11) is 1.03. The normalized spacial score (nSPS) is 21.4. The van der Waals surface area contributed by atoms with Gasteiger partial charge in [-0.25, -0.2) is 9.59 Å². The van der Waals surface area contributed by atoms with Crippen LogP contribution in [-0.2, 0) is 36.5 Å². The number of carbonyl (C=O) groups excluding carboxylic acids is 2. The number of carbonyl (C=O) groups is 2. The molecule has 2 atom stereocenters. The summed E-state index contributed by atoms with van der Waals surface area (Å²) in [5, 5.41) is 13.0. The number of unbranched alkanes of at least 4 members (excludes halogenated alkanes) is 2. The van der Waals surface area contributed by atoms with Crippen LogP contribution >= 0.6 is 0 Å². The smallest absolute Gasteiger partial charge is 0.457 e. The van der Waals surface area contributed by atoms with E-state index in [0.29, 0.717) is 38.7 Å². The number of fused-ring (bicyclic) bond motifs is 1. The number of benzene rings is 1. The lowest BCUT2D eigenvalue weighted by atomic mass is 9.80. The standard InChI is InChI=1S/C30H49BN2O7/c1-7-8-19-38-27(36)32-30(26(35)37-6,15-11-12-17-31-39-28(2,3)29(4,5)40-31)16-18-33-21-24-14-10-9-13-23(24)20-25(33)22-34/h9-10,13-14,25,34H,7-8,11-12,15-22H2,1-6H3,(H,32,36)/t25-,30+/m0/s1. The van der Waals surface area contributed by atoms with Gasteiger partial charge in [-0.3, -0.25) is 4.90 Å². The summed E-state index contributed by atoms with van der Waals surface area (Å²) in [6.45, 7) is 11.6. The van der Waals surface area contributed by atoms with Crippen LogP contribution in [0.15, 0.2) is 24.3 Å². The van der Waals surface area contributed by atoms with Crippen LogP contribution in [-0.4, -0.2) is 78.8 Å². The molecule has 224 valence electrons. The number of esters is 1. The van der Waals surface area contributed by atoms with E-state index in [-0.39, 0.29) is 26.4 Å². The molecule has 1 amide bonds. The summed E-state index contributed by atoms with van der Waals surface area (Å²) < 4.78 is 22.9. The van der Waals surface area contributed by atoms with Crippen LogP contribution in [0.1, 0.15) is 84.3 Å². The molecule has 1 aromatic carbocycles. The highest BCUT2D eigenvalue weighted by molar-refractivity contribution is 6.45. The van der Waals surface area contributed by atoms with Crippen molar-refractivity contribution in [3.05, 3.63) is 35.4 Å². The molecule has 0 saturated carbocycles. The fourth-order valence-corrected chi connectivity index (χ4v) is 5.48. The summed E-state index contributed by atoms with van der Waals surface area (Å²) in [6.07, 6.45) is 4.56. The molecular weight excluding hydrogens is 511 g/mol. The number of aliphatic hydroxyl groups is 1. The van der Waals surface area contributed by atoms with Crippen molar-refractivity contribution in [3.63, 3.8) is 0 Å². The van der Waals surface area contributed by atoms with E-state index in [1.807, 2.05) is 46.8 Å². The molecule has 1 aromatic rings. The second-order valence-electron chi connectivity index (χ2n) is 12.1. The highest BCUT2D eigenvalue weighted by Gasteiger charge is 2.50. The van der Waals surface area contributed by atoms with Gasteiger partial charge in [-0.15, -0.1) is 0 Å². The fraction of sp³-hybridized carbons (Fsp3) is 0.733. The lowest BCUT2D eigenvalue weighted by Crippen LogP contribution is -2.57. The molecule has 2 aliphatic heterocycles. The molecule has 2 aliphatic rings. The third-order valence-corrected chi connectivity index (χ3v) is 8.74. The Bertz CT molecular complexity index is 973. The molecule has 0 bridgehead atoms. The number of ether oxygens (including phenoxy) is 2. The Kier molecular flexibility index (Phi) is 11.5. The molecule has 0 aliphatic carbocycles. The highest BCUT2D eigenvalue weighted by atomic mass is 16.7. The number of hydrogen-bond donors (Lipinski definition) is 2. The van der Waals surface area contributed by atoms with Gasteiger partial charge in [0, 0.05) is 19.1 Å². The lowest BCUT2D eigenvalue weighted by molar-refractivity contribution is -0.149. The molecule has 3 rings (SSSR count). The second-order valence-corrected chi connectivity index (χ2v) is 12.1. The molecule has 0 unspecified atom stereocenters. The topological polar surface area (TPSA) is 107 Å². The zero-order chi connectivity index (χ0) is 29.4. The molecule has 0 spiro atoms. The Morgan fingerprint density at radius 3 is 2.40 bits per heavy atom. The number of amides is 1. The number of nitrogens with one attached hydrogen (secondary N) is 1.